The van der Waals surface area contributed by atoms with E-state index in [1.54, 1.807) is 0 Å². The Balaban J connectivity index is -0.0000000376. The van der Waals surface area contributed by atoms with Gasteiger partial charge in [0.2, 0.25) is 0 Å². The van der Waals surface area contributed by atoms with Gasteiger partial charge in [-0.1, -0.05) is 0 Å². The molecule has 128 valence electrons. The smallest absolute Gasteiger partial charge is 0.222 e. The molecule has 0 aliphatic rings. The maximum atomic E-state index is 8.49. The minimum Gasteiger partial charge on any atom is -0.222 e. The molecule has 0 fully saturated rings. The molecular weight excluding hydrogens is 432 g/mol. The van der Waals surface area contributed by atoms with Crippen molar-refractivity contribution in [2.24, 2.45) is 0 Å². The van der Waals surface area contributed by atoms with Gasteiger partial charge >= 0.3 is 36.2 Å². The van der Waals surface area contributed by atoms with Crippen LogP contribution in [0.3, 0.4) is 0 Å². The minimum absolute atomic E-state index is 0. The van der Waals surface area contributed by atoms with E-state index in [9.17, 15) is 0 Å². The molecule has 0 N–H and O–H groups in total. The Morgan fingerprint density at radius 1 is 0.273 bits per heavy atom. The second-order valence-corrected chi connectivity index (χ2v) is 4.54. The fourth-order valence-corrected chi connectivity index (χ4v) is 0. The van der Waals surface area contributed by atoms with Crippen LogP contribution in [0.4, 0.5) is 0 Å². The molecule has 0 aliphatic carbocycles. The van der Waals surface area contributed by atoms with Crippen molar-refractivity contribution >= 4 is 17.4 Å². The summed E-state index contributed by atoms with van der Waals surface area (Å²) >= 11 is 0. The first-order valence-corrected chi connectivity index (χ1v) is 7.41. The first-order valence-electron chi connectivity index (χ1n) is 2.47. The van der Waals surface area contributed by atoms with E-state index in [0.29, 0.717) is 0 Å². The van der Waals surface area contributed by atoms with Gasteiger partial charge in [0, 0.05) is 0 Å². The maximum absolute atomic E-state index is 8.49. The van der Waals surface area contributed by atoms with E-state index in [1.807, 2.05) is 0 Å². The molecule has 0 saturated carbocycles. The van der Waals surface area contributed by atoms with Crippen LogP contribution >= 0.6 is 0 Å². The molecule has 0 aromatic rings. The Morgan fingerprint density at radius 3 is 0.273 bits per heavy atom. The van der Waals surface area contributed by atoms with Crippen molar-refractivity contribution in [1.82, 2.24) is 0 Å². The first-order chi connectivity index (χ1) is 8.00. The van der Waals surface area contributed by atoms with Crippen LogP contribution in [0.5, 0.6) is 0 Å². The Morgan fingerprint density at radius 2 is 0.273 bits per heavy atom. The molecule has 0 aromatic carbocycles. The Hall–Kier alpha value is 1.65. The summed E-state index contributed by atoms with van der Waals surface area (Å²) in [6, 6.07) is 0. The summed E-state index contributed by atoms with van der Waals surface area (Å²) in [4.78, 5) is 0. The first kappa shape index (κ1) is 38.9. The molecule has 0 aliphatic heterocycles. The van der Waals surface area contributed by atoms with Crippen molar-refractivity contribution in [3.05, 3.63) is 0 Å². The van der Waals surface area contributed by atoms with Gasteiger partial charge in [0.05, 0.1) is 0 Å². The third-order valence-corrected chi connectivity index (χ3v) is 0. The van der Waals surface area contributed by atoms with Crippen LogP contribution in [0.15, 0.2) is 0 Å². The topological polar surface area (TPSA) is 369 Å². The number of hydrogen-bond donors (Lipinski definition) is 0. The van der Waals surface area contributed by atoms with Gasteiger partial charge in [0.15, 0.2) is 0 Å². The summed E-state index contributed by atoms with van der Waals surface area (Å²) in [6.45, 7) is 0. The van der Waals surface area contributed by atoms with Crippen LogP contribution in [-0.2, 0) is 0 Å². The second-order valence-electron chi connectivity index (χ2n) is 1.51. The standard InChI is InChI=1S/Al.4ClHO4.Li/c;4*2-1(3,4)5;/h;4*(H,2,3,4,5);/q+3;;;;;+1/p-4. The number of rotatable bonds is 0. The molecule has 0 bridgehead atoms. The van der Waals surface area contributed by atoms with Crippen molar-refractivity contribution < 1.29 is 134 Å². The molecule has 0 rings (SSSR count). The van der Waals surface area contributed by atoms with Gasteiger partial charge in [-0.25, -0.2) is 74.5 Å². The Kier molecular flexibility index (Phi) is 28.6. The molecule has 0 atom stereocenters. The molecule has 16 nitrogen and oxygen atoms in total. The van der Waals surface area contributed by atoms with Gasteiger partial charge < -0.3 is 0 Å². The average molecular weight is 432 g/mol. The van der Waals surface area contributed by atoms with Crippen molar-refractivity contribution in [1.29, 1.82) is 0 Å². The Bertz CT molecular complexity index is 136. The molecule has 0 unspecified atom stereocenters. The zero-order chi connectivity index (χ0) is 18.0. The van der Waals surface area contributed by atoms with Crippen LogP contribution in [0.2, 0.25) is 0 Å². The summed E-state index contributed by atoms with van der Waals surface area (Å²) in [7, 11) is -19.8. The van der Waals surface area contributed by atoms with E-state index in [-0.39, 0.29) is 36.2 Å². The van der Waals surface area contributed by atoms with E-state index < -0.39 is 41.0 Å². The Labute approximate surface area is 151 Å². The number of halogens is 4. The predicted octanol–water partition coefficient (Wildman–Crippen LogP) is -22.4. The van der Waals surface area contributed by atoms with Gasteiger partial charge in [-0.2, -0.15) is 0 Å². The molecule has 0 amide bonds. The van der Waals surface area contributed by atoms with E-state index in [4.69, 9.17) is 74.5 Å². The quantitative estimate of drug-likeness (QED) is 0.321. The van der Waals surface area contributed by atoms with E-state index in [1.165, 1.54) is 0 Å². The summed E-state index contributed by atoms with van der Waals surface area (Å²) in [5.74, 6) is 0. The molecule has 22 heavy (non-hydrogen) atoms. The SMILES string of the molecule is [Al+3].[Li+].[O-][Cl+3]([O-])([O-])[O-].[O-][Cl+3]([O-])([O-])[O-].[O-][Cl+3]([O-])([O-])[O-].[O-][Cl+3]([O-])([O-])[O-]. The van der Waals surface area contributed by atoms with Crippen LogP contribution in [0.25, 0.3) is 0 Å². The third kappa shape index (κ3) is 3390. The van der Waals surface area contributed by atoms with Crippen molar-refractivity contribution in [2.75, 3.05) is 0 Å². The molecule has 0 heterocycles. The van der Waals surface area contributed by atoms with Gasteiger partial charge in [0.25, 0.3) is 0 Å². The van der Waals surface area contributed by atoms with Crippen LogP contribution in [-0.4, -0.2) is 17.4 Å². The van der Waals surface area contributed by atoms with E-state index in [2.05, 4.69) is 0 Å². The molecule has 0 spiro atoms. The zero-order valence-electron chi connectivity index (χ0n) is 9.62. The van der Waals surface area contributed by atoms with Crippen LogP contribution in [0.1, 0.15) is 0 Å². The van der Waals surface area contributed by atoms with Gasteiger partial charge in [-0.05, 0) is 0 Å². The normalized spacial score (nSPS) is 10.9. The largest absolute Gasteiger partial charge is 3.00 e. The molecular formula is AlCl4LiO16. The average Bonchev–Trinajstić information content (AvgIpc) is 1.62. The van der Waals surface area contributed by atoms with Crippen LogP contribution in [0, 0.1) is 41.0 Å². The van der Waals surface area contributed by atoms with E-state index >= 15 is 0 Å². The summed E-state index contributed by atoms with van der Waals surface area (Å²) in [5, 5.41) is 0. The fourth-order valence-electron chi connectivity index (χ4n) is 0. The summed E-state index contributed by atoms with van der Waals surface area (Å²) in [5.41, 5.74) is 0. The van der Waals surface area contributed by atoms with Gasteiger partial charge in [-0.3, -0.25) is 0 Å². The minimum atomic E-state index is -4.94. The van der Waals surface area contributed by atoms with Crippen molar-refractivity contribution in [2.45, 2.75) is 0 Å². The molecule has 0 aromatic heterocycles. The van der Waals surface area contributed by atoms with Crippen molar-refractivity contribution in [3.63, 3.8) is 0 Å². The van der Waals surface area contributed by atoms with Crippen LogP contribution < -0.4 is 93.4 Å². The predicted molar refractivity (Wildman–Crippen MR) is 5.75 cm³/mol. The zero-order valence-corrected chi connectivity index (χ0v) is 13.8. The maximum Gasteiger partial charge on any atom is 3.00 e. The second kappa shape index (κ2) is 16.1. The van der Waals surface area contributed by atoms with E-state index in [0.717, 1.165) is 0 Å². The fraction of sp³-hybridized carbons (Fsp3) is 0. The third-order valence-electron chi connectivity index (χ3n) is 0. The van der Waals surface area contributed by atoms with Gasteiger partial charge in [-0.15, -0.1) is 41.0 Å². The molecule has 22 heteroatoms. The van der Waals surface area contributed by atoms with Gasteiger partial charge in [0.1, 0.15) is 0 Å². The summed E-state index contributed by atoms with van der Waals surface area (Å²) < 4.78 is 136. The van der Waals surface area contributed by atoms with Crippen molar-refractivity contribution in [3.8, 4) is 0 Å². The molecule has 0 radical (unpaired) electrons. The monoisotopic (exact) mass is 430 g/mol. The molecule has 0 saturated heterocycles. The number of hydrogen-bond acceptors (Lipinski definition) is 16. The summed E-state index contributed by atoms with van der Waals surface area (Å²) in [6.07, 6.45) is 0.